The van der Waals surface area contributed by atoms with Gasteiger partial charge >= 0.3 is 13.2 Å². The number of hydrogen-bond donors (Lipinski definition) is 1. The SMILES string of the molecule is CC[C](O)c1cc(OC(F)F)cc(OC(F)F)c1. The minimum atomic E-state index is -3.09. The topological polar surface area (TPSA) is 38.7 Å². The number of aliphatic hydroxyl groups is 1. The number of rotatable bonds is 6. The monoisotopic (exact) mass is 267 g/mol. The molecule has 0 aliphatic rings. The first-order chi connectivity index (χ1) is 8.42. The normalized spacial score (nSPS) is 11.4. The molecule has 0 bridgehead atoms. The summed E-state index contributed by atoms with van der Waals surface area (Å²) in [4.78, 5) is 0. The molecule has 101 valence electrons. The Balaban J connectivity index is 3.03. The standard InChI is InChI=1S/C11H11F4O3/c1-2-9(16)6-3-7(17-10(12)13)5-8(4-6)18-11(14)15/h3-5,10-11,16H,2H2,1H3. The van der Waals surface area contributed by atoms with Crippen molar-refractivity contribution in [2.75, 3.05) is 0 Å². The second kappa shape index (κ2) is 6.44. The molecule has 0 aliphatic carbocycles. The molecule has 7 heteroatoms. The molecule has 0 unspecified atom stereocenters. The van der Waals surface area contributed by atoms with Crippen molar-refractivity contribution in [2.24, 2.45) is 0 Å². The van der Waals surface area contributed by atoms with Gasteiger partial charge in [0.15, 0.2) is 0 Å². The highest BCUT2D eigenvalue weighted by Crippen LogP contribution is 2.29. The molecule has 0 aromatic heterocycles. The lowest BCUT2D eigenvalue weighted by molar-refractivity contribution is -0.0543. The van der Waals surface area contributed by atoms with Crippen molar-refractivity contribution in [3.05, 3.63) is 29.9 Å². The average Bonchev–Trinajstić information content (AvgIpc) is 2.25. The summed E-state index contributed by atoms with van der Waals surface area (Å²) < 4.78 is 56.4. The summed E-state index contributed by atoms with van der Waals surface area (Å²) in [7, 11) is 0. The van der Waals surface area contributed by atoms with E-state index in [2.05, 4.69) is 9.47 Å². The minimum absolute atomic E-state index is 0.0892. The zero-order valence-electron chi connectivity index (χ0n) is 9.37. The van der Waals surface area contributed by atoms with Crippen LogP contribution in [0.15, 0.2) is 18.2 Å². The van der Waals surface area contributed by atoms with E-state index in [0.717, 1.165) is 18.2 Å². The molecule has 0 spiro atoms. The lowest BCUT2D eigenvalue weighted by Gasteiger charge is -2.13. The number of alkyl halides is 4. The fourth-order valence-electron chi connectivity index (χ4n) is 1.28. The number of ether oxygens (including phenoxy) is 2. The largest absolute Gasteiger partial charge is 0.435 e. The van der Waals surface area contributed by atoms with E-state index in [-0.39, 0.29) is 29.6 Å². The van der Waals surface area contributed by atoms with Gasteiger partial charge in [-0.15, -0.1) is 0 Å². The van der Waals surface area contributed by atoms with E-state index in [9.17, 15) is 22.7 Å². The zero-order valence-corrected chi connectivity index (χ0v) is 9.37. The maximum Gasteiger partial charge on any atom is 0.387 e. The van der Waals surface area contributed by atoms with Crippen molar-refractivity contribution in [1.82, 2.24) is 0 Å². The van der Waals surface area contributed by atoms with Gasteiger partial charge in [0.05, 0.1) is 0 Å². The van der Waals surface area contributed by atoms with Crippen LogP contribution in [-0.2, 0) is 0 Å². The molecule has 1 aromatic carbocycles. The van der Waals surface area contributed by atoms with E-state index in [1.807, 2.05) is 0 Å². The molecule has 1 aromatic rings. The van der Waals surface area contributed by atoms with Gasteiger partial charge in [-0.05, 0) is 24.1 Å². The van der Waals surface area contributed by atoms with E-state index < -0.39 is 13.2 Å². The van der Waals surface area contributed by atoms with Crippen LogP contribution in [0.4, 0.5) is 17.6 Å². The lowest BCUT2D eigenvalue weighted by atomic mass is 10.1. The Morgan fingerprint density at radius 2 is 1.50 bits per heavy atom. The van der Waals surface area contributed by atoms with Crippen LogP contribution in [0, 0.1) is 6.10 Å². The summed E-state index contributed by atoms with van der Waals surface area (Å²) in [5.74, 6) is -0.726. The Morgan fingerprint density at radius 1 is 1.06 bits per heavy atom. The number of halogens is 4. The molecule has 1 radical (unpaired) electrons. The minimum Gasteiger partial charge on any atom is -0.435 e. The molecule has 0 saturated heterocycles. The molecule has 0 heterocycles. The highest BCUT2D eigenvalue weighted by atomic mass is 19.3. The highest BCUT2D eigenvalue weighted by Gasteiger charge is 2.14. The Labute approximate surface area is 101 Å². The molecule has 18 heavy (non-hydrogen) atoms. The molecular formula is C11H11F4O3. The Hall–Kier alpha value is -1.50. The molecule has 3 nitrogen and oxygen atoms in total. The molecule has 1 N–H and O–H groups in total. The van der Waals surface area contributed by atoms with E-state index in [0.29, 0.717) is 0 Å². The molecule has 0 saturated carbocycles. The quantitative estimate of drug-likeness (QED) is 0.801. The maximum absolute atomic E-state index is 12.0. The van der Waals surface area contributed by atoms with Crippen molar-refractivity contribution < 1.29 is 32.1 Å². The van der Waals surface area contributed by atoms with Gasteiger partial charge in [0.2, 0.25) is 0 Å². The fourth-order valence-corrected chi connectivity index (χ4v) is 1.28. The zero-order chi connectivity index (χ0) is 13.7. The van der Waals surface area contributed by atoms with Crippen molar-refractivity contribution in [2.45, 2.75) is 26.6 Å². The van der Waals surface area contributed by atoms with Gasteiger partial charge in [-0.2, -0.15) is 17.6 Å². The third kappa shape index (κ3) is 4.40. The van der Waals surface area contributed by atoms with Crippen LogP contribution < -0.4 is 9.47 Å². The van der Waals surface area contributed by atoms with Crippen LogP contribution in [-0.4, -0.2) is 18.3 Å². The molecule has 0 aliphatic heterocycles. The van der Waals surface area contributed by atoms with Crippen molar-refractivity contribution in [3.8, 4) is 11.5 Å². The predicted octanol–water partition coefficient (Wildman–Crippen LogP) is 3.55. The van der Waals surface area contributed by atoms with Gasteiger partial charge in [-0.1, -0.05) is 6.92 Å². The third-order valence-electron chi connectivity index (χ3n) is 2.00. The molecule has 1 rings (SSSR count). The highest BCUT2D eigenvalue weighted by molar-refractivity contribution is 5.42. The Bertz CT molecular complexity index is 356. The number of benzene rings is 1. The summed E-state index contributed by atoms with van der Waals surface area (Å²) in [5, 5.41) is 9.48. The van der Waals surface area contributed by atoms with E-state index in [1.165, 1.54) is 0 Å². The first kappa shape index (κ1) is 14.6. The van der Waals surface area contributed by atoms with Crippen LogP contribution in [0.25, 0.3) is 0 Å². The van der Waals surface area contributed by atoms with Gasteiger partial charge < -0.3 is 14.6 Å². The average molecular weight is 267 g/mol. The molecule has 0 fully saturated rings. The molecule has 0 amide bonds. The Morgan fingerprint density at radius 3 is 1.83 bits per heavy atom. The van der Waals surface area contributed by atoms with Crippen molar-refractivity contribution >= 4 is 0 Å². The van der Waals surface area contributed by atoms with Gasteiger partial charge in [-0.3, -0.25) is 0 Å². The summed E-state index contributed by atoms with van der Waals surface area (Å²) in [6.45, 7) is -4.57. The maximum atomic E-state index is 12.0. The van der Waals surface area contributed by atoms with Crippen LogP contribution in [0.5, 0.6) is 11.5 Å². The smallest absolute Gasteiger partial charge is 0.387 e. The van der Waals surface area contributed by atoms with Gasteiger partial charge in [-0.25, -0.2) is 0 Å². The first-order valence-corrected chi connectivity index (χ1v) is 5.02. The summed E-state index contributed by atoms with van der Waals surface area (Å²) in [6.07, 6.45) is 0.0699. The number of hydrogen-bond acceptors (Lipinski definition) is 3. The Kier molecular flexibility index (Phi) is 5.21. The van der Waals surface area contributed by atoms with E-state index >= 15 is 0 Å². The van der Waals surface area contributed by atoms with Gasteiger partial charge in [0, 0.05) is 6.07 Å². The van der Waals surface area contributed by atoms with Crippen LogP contribution in [0.3, 0.4) is 0 Å². The van der Waals surface area contributed by atoms with E-state index in [1.54, 1.807) is 6.92 Å². The lowest BCUT2D eigenvalue weighted by Crippen LogP contribution is -2.07. The van der Waals surface area contributed by atoms with Crippen molar-refractivity contribution in [1.29, 1.82) is 0 Å². The van der Waals surface area contributed by atoms with Crippen molar-refractivity contribution in [3.63, 3.8) is 0 Å². The second-order valence-corrected chi connectivity index (χ2v) is 3.25. The third-order valence-corrected chi connectivity index (χ3v) is 2.00. The van der Waals surface area contributed by atoms with Crippen LogP contribution in [0.2, 0.25) is 0 Å². The van der Waals surface area contributed by atoms with Crippen LogP contribution in [0.1, 0.15) is 18.9 Å². The fraction of sp³-hybridized carbons (Fsp3) is 0.364. The van der Waals surface area contributed by atoms with Crippen LogP contribution >= 0.6 is 0 Å². The van der Waals surface area contributed by atoms with Gasteiger partial charge in [0.1, 0.15) is 17.6 Å². The summed E-state index contributed by atoms with van der Waals surface area (Å²) in [5.41, 5.74) is 0.0892. The molecule has 0 atom stereocenters. The second-order valence-electron chi connectivity index (χ2n) is 3.25. The number of aliphatic hydroxyl groups excluding tert-OH is 1. The summed E-state index contributed by atoms with van der Waals surface area (Å²) in [6, 6.07) is 3.12. The van der Waals surface area contributed by atoms with Gasteiger partial charge in [0.25, 0.3) is 0 Å². The van der Waals surface area contributed by atoms with E-state index in [4.69, 9.17) is 0 Å². The molecular weight excluding hydrogens is 256 g/mol. The first-order valence-electron chi connectivity index (χ1n) is 5.02. The summed E-state index contributed by atoms with van der Waals surface area (Å²) >= 11 is 0. The predicted molar refractivity (Wildman–Crippen MR) is 54.3 cm³/mol.